The zero-order valence-electron chi connectivity index (χ0n) is 11.3. The Morgan fingerprint density at radius 3 is 2.24 bits per heavy atom. The van der Waals surface area contributed by atoms with Gasteiger partial charge in [0.25, 0.3) is 0 Å². The third kappa shape index (κ3) is 4.22. The van der Waals surface area contributed by atoms with E-state index in [1.54, 1.807) is 7.05 Å². The third-order valence-electron chi connectivity index (χ3n) is 2.90. The number of aliphatic carboxylic acids is 1. The number of carboxylic acid groups (broad SMARTS) is 1. The van der Waals surface area contributed by atoms with Crippen LogP contribution in [0.2, 0.25) is 0 Å². The normalized spacial score (nSPS) is 11.1. The lowest BCUT2D eigenvalue weighted by atomic mass is 10.0. The number of rotatable bonds is 6. The smallest absolute Gasteiger partial charge is 0.329 e. The SMILES string of the molecule is CNCCCN(C)C(=O)N(C)C(C)(C)C(=O)O. The molecule has 0 heterocycles. The van der Waals surface area contributed by atoms with E-state index in [2.05, 4.69) is 5.32 Å². The summed E-state index contributed by atoms with van der Waals surface area (Å²) in [5.41, 5.74) is -1.20. The van der Waals surface area contributed by atoms with Gasteiger partial charge in [-0.3, -0.25) is 0 Å². The fourth-order valence-corrected chi connectivity index (χ4v) is 1.23. The molecule has 0 atom stereocenters. The maximum absolute atomic E-state index is 12.0. The fourth-order valence-electron chi connectivity index (χ4n) is 1.23. The van der Waals surface area contributed by atoms with Crippen molar-refractivity contribution in [3.63, 3.8) is 0 Å². The van der Waals surface area contributed by atoms with Gasteiger partial charge in [0.1, 0.15) is 5.54 Å². The average Bonchev–Trinajstić information content (AvgIpc) is 2.26. The zero-order valence-corrected chi connectivity index (χ0v) is 11.3. The quantitative estimate of drug-likeness (QED) is 0.666. The van der Waals surface area contributed by atoms with Crippen molar-refractivity contribution in [2.75, 3.05) is 34.2 Å². The number of nitrogens with zero attached hydrogens (tertiary/aromatic N) is 2. The van der Waals surface area contributed by atoms with Crippen molar-refractivity contribution in [2.24, 2.45) is 0 Å². The molecule has 17 heavy (non-hydrogen) atoms. The molecule has 0 aliphatic rings. The Kier molecular flexibility index (Phi) is 5.95. The molecule has 0 aromatic carbocycles. The Morgan fingerprint density at radius 2 is 1.82 bits per heavy atom. The number of carbonyl (C=O) groups excluding carboxylic acids is 1. The van der Waals surface area contributed by atoms with E-state index in [-0.39, 0.29) is 6.03 Å². The van der Waals surface area contributed by atoms with Crippen LogP contribution >= 0.6 is 0 Å². The van der Waals surface area contributed by atoms with E-state index in [0.717, 1.165) is 13.0 Å². The van der Waals surface area contributed by atoms with E-state index in [0.29, 0.717) is 6.54 Å². The summed E-state index contributed by atoms with van der Waals surface area (Å²) < 4.78 is 0. The number of amides is 2. The molecule has 6 nitrogen and oxygen atoms in total. The molecule has 0 saturated carbocycles. The van der Waals surface area contributed by atoms with Crippen LogP contribution in [0, 0.1) is 0 Å². The van der Waals surface area contributed by atoms with Crippen LogP contribution in [0.25, 0.3) is 0 Å². The highest BCUT2D eigenvalue weighted by molar-refractivity contribution is 5.85. The molecular weight excluding hydrogens is 222 g/mol. The molecule has 0 saturated heterocycles. The first-order valence-corrected chi connectivity index (χ1v) is 5.62. The molecule has 0 spiro atoms. The minimum Gasteiger partial charge on any atom is -0.480 e. The van der Waals surface area contributed by atoms with Gasteiger partial charge in [0, 0.05) is 20.6 Å². The van der Waals surface area contributed by atoms with Crippen molar-refractivity contribution < 1.29 is 14.7 Å². The highest BCUT2D eigenvalue weighted by Crippen LogP contribution is 2.14. The van der Waals surface area contributed by atoms with E-state index in [9.17, 15) is 9.59 Å². The zero-order chi connectivity index (χ0) is 13.6. The molecule has 100 valence electrons. The van der Waals surface area contributed by atoms with Crippen LogP contribution in [0.15, 0.2) is 0 Å². The molecular formula is C11H23N3O3. The molecule has 0 aromatic rings. The minimum absolute atomic E-state index is 0.284. The monoisotopic (exact) mass is 245 g/mol. The standard InChI is InChI=1S/C11H23N3O3/c1-11(2,9(15)16)14(5)10(17)13(4)8-6-7-12-3/h12H,6-8H2,1-5H3,(H,15,16). The number of nitrogens with one attached hydrogen (secondary N) is 1. The summed E-state index contributed by atoms with van der Waals surface area (Å²) in [6.07, 6.45) is 0.833. The summed E-state index contributed by atoms with van der Waals surface area (Å²) in [5, 5.41) is 12.0. The molecule has 0 unspecified atom stereocenters. The van der Waals surface area contributed by atoms with Crippen LogP contribution in [0.5, 0.6) is 0 Å². The van der Waals surface area contributed by atoms with E-state index in [1.807, 2.05) is 7.05 Å². The predicted molar refractivity (Wildman–Crippen MR) is 66.0 cm³/mol. The molecule has 0 aliphatic carbocycles. The molecule has 0 bridgehead atoms. The molecule has 2 amide bonds. The van der Waals surface area contributed by atoms with Gasteiger partial charge in [-0.1, -0.05) is 0 Å². The van der Waals surface area contributed by atoms with Crippen LogP contribution in [0.1, 0.15) is 20.3 Å². The average molecular weight is 245 g/mol. The first-order chi connectivity index (χ1) is 7.75. The largest absolute Gasteiger partial charge is 0.480 e. The maximum Gasteiger partial charge on any atom is 0.329 e. The van der Waals surface area contributed by atoms with Crippen LogP contribution in [-0.4, -0.2) is 66.7 Å². The molecule has 6 heteroatoms. The van der Waals surface area contributed by atoms with Gasteiger partial charge in [0.05, 0.1) is 0 Å². The molecule has 0 radical (unpaired) electrons. The molecule has 0 rings (SSSR count). The van der Waals surface area contributed by atoms with E-state index in [1.165, 1.54) is 30.7 Å². The van der Waals surface area contributed by atoms with Gasteiger partial charge in [0.15, 0.2) is 0 Å². The van der Waals surface area contributed by atoms with Gasteiger partial charge in [-0.2, -0.15) is 0 Å². The first-order valence-electron chi connectivity index (χ1n) is 5.62. The van der Waals surface area contributed by atoms with Crippen molar-refractivity contribution in [1.82, 2.24) is 15.1 Å². The topological polar surface area (TPSA) is 72.9 Å². The van der Waals surface area contributed by atoms with E-state index < -0.39 is 11.5 Å². The van der Waals surface area contributed by atoms with Gasteiger partial charge >= 0.3 is 12.0 Å². The molecule has 0 aromatic heterocycles. The Hall–Kier alpha value is -1.30. The van der Waals surface area contributed by atoms with Gasteiger partial charge in [-0.05, 0) is 33.9 Å². The second-order valence-corrected chi connectivity index (χ2v) is 4.58. The minimum atomic E-state index is -1.20. The summed E-state index contributed by atoms with van der Waals surface area (Å²) in [4.78, 5) is 25.8. The molecule has 2 N–H and O–H groups in total. The fraction of sp³-hybridized carbons (Fsp3) is 0.818. The number of urea groups is 1. The Balaban J connectivity index is 4.44. The van der Waals surface area contributed by atoms with Crippen molar-refractivity contribution >= 4 is 12.0 Å². The number of likely N-dealkylation sites (N-methyl/N-ethyl adjacent to an activating group) is 1. The molecule has 0 aliphatic heterocycles. The number of carboxylic acids is 1. The highest BCUT2D eigenvalue weighted by atomic mass is 16.4. The summed E-state index contributed by atoms with van der Waals surface area (Å²) in [6.45, 7) is 4.44. The van der Waals surface area contributed by atoms with E-state index in [4.69, 9.17) is 5.11 Å². The van der Waals surface area contributed by atoms with Crippen LogP contribution in [0.3, 0.4) is 0 Å². The Bertz CT molecular complexity index is 279. The van der Waals surface area contributed by atoms with Crippen LogP contribution in [-0.2, 0) is 4.79 Å². The second-order valence-electron chi connectivity index (χ2n) is 4.58. The Labute approximate surface area is 103 Å². The number of carbonyl (C=O) groups is 2. The summed E-state index contributed by atoms with van der Waals surface area (Å²) in [6, 6.07) is -0.284. The van der Waals surface area contributed by atoms with Gasteiger partial charge < -0.3 is 20.2 Å². The summed E-state index contributed by atoms with van der Waals surface area (Å²) in [7, 11) is 5.03. The second kappa shape index (κ2) is 6.44. The van der Waals surface area contributed by atoms with Crippen LogP contribution in [0.4, 0.5) is 4.79 Å². The first kappa shape index (κ1) is 15.7. The van der Waals surface area contributed by atoms with Crippen molar-refractivity contribution in [3.05, 3.63) is 0 Å². The number of hydrogen-bond donors (Lipinski definition) is 2. The number of hydrogen-bond acceptors (Lipinski definition) is 3. The van der Waals surface area contributed by atoms with Crippen LogP contribution < -0.4 is 5.32 Å². The van der Waals surface area contributed by atoms with E-state index >= 15 is 0 Å². The highest BCUT2D eigenvalue weighted by Gasteiger charge is 2.36. The summed E-state index contributed by atoms with van der Waals surface area (Å²) >= 11 is 0. The van der Waals surface area contributed by atoms with Gasteiger partial charge in [-0.15, -0.1) is 0 Å². The predicted octanol–water partition coefficient (Wildman–Crippen LogP) is 0.443. The third-order valence-corrected chi connectivity index (χ3v) is 2.90. The Morgan fingerprint density at radius 1 is 1.29 bits per heavy atom. The maximum atomic E-state index is 12.0. The lowest BCUT2D eigenvalue weighted by Gasteiger charge is -2.34. The lowest BCUT2D eigenvalue weighted by molar-refractivity contribution is -0.147. The lowest BCUT2D eigenvalue weighted by Crippen LogP contribution is -2.54. The molecule has 0 fully saturated rings. The van der Waals surface area contributed by atoms with Gasteiger partial charge in [-0.25, -0.2) is 9.59 Å². The van der Waals surface area contributed by atoms with Crippen molar-refractivity contribution in [2.45, 2.75) is 25.8 Å². The van der Waals surface area contributed by atoms with Crippen molar-refractivity contribution in [1.29, 1.82) is 0 Å². The van der Waals surface area contributed by atoms with Crippen molar-refractivity contribution in [3.8, 4) is 0 Å². The van der Waals surface area contributed by atoms with Gasteiger partial charge in [0.2, 0.25) is 0 Å². The summed E-state index contributed by atoms with van der Waals surface area (Å²) in [5.74, 6) is -1.02.